The summed E-state index contributed by atoms with van der Waals surface area (Å²) in [7, 11) is 1.93. The van der Waals surface area contributed by atoms with Crippen LogP contribution in [0.2, 0.25) is 0 Å². The van der Waals surface area contributed by atoms with Gasteiger partial charge in [0.2, 0.25) is 0 Å². The molecule has 3 heteroatoms. The quantitative estimate of drug-likeness (QED) is 0.748. The molecule has 1 rings (SSSR count). The van der Waals surface area contributed by atoms with Crippen molar-refractivity contribution in [2.45, 2.75) is 20.3 Å². The maximum atomic E-state index is 5.53. The van der Waals surface area contributed by atoms with Crippen LogP contribution in [0, 0.1) is 13.8 Å². The van der Waals surface area contributed by atoms with E-state index in [2.05, 4.69) is 31.3 Å². The molecule has 0 aliphatic heterocycles. The van der Waals surface area contributed by atoms with Gasteiger partial charge in [-0.3, -0.25) is 0 Å². The first kappa shape index (κ1) is 11.0. The van der Waals surface area contributed by atoms with Crippen molar-refractivity contribution in [2.24, 2.45) is 5.73 Å². The average Bonchev–Trinajstić information content (AvgIpc) is 2.10. The van der Waals surface area contributed by atoms with Crippen LogP contribution in [-0.2, 0) is 6.42 Å². The van der Waals surface area contributed by atoms with E-state index in [9.17, 15) is 0 Å². The van der Waals surface area contributed by atoms with Gasteiger partial charge < -0.3 is 11.1 Å². The fourth-order valence-corrected chi connectivity index (χ4v) is 1.68. The zero-order valence-corrected chi connectivity index (χ0v) is 9.66. The molecule has 1 aromatic carbocycles. The lowest BCUT2D eigenvalue weighted by Gasteiger charge is -2.11. The van der Waals surface area contributed by atoms with E-state index in [0.29, 0.717) is 11.4 Å². The Morgan fingerprint density at radius 3 is 2.50 bits per heavy atom. The van der Waals surface area contributed by atoms with E-state index in [-0.39, 0.29) is 0 Å². The summed E-state index contributed by atoms with van der Waals surface area (Å²) in [6.07, 6.45) is 0.687. The van der Waals surface area contributed by atoms with Crippen LogP contribution in [0.1, 0.15) is 16.7 Å². The van der Waals surface area contributed by atoms with Gasteiger partial charge in [-0.25, -0.2) is 0 Å². The van der Waals surface area contributed by atoms with Gasteiger partial charge in [0.15, 0.2) is 0 Å². The molecule has 0 amide bonds. The summed E-state index contributed by atoms with van der Waals surface area (Å²) in [5.41, 5.74) is 10.4. The smallest absolute Gasteiger partial charge is 0.0771 e. The lowest BCUT2D eigenvalue weighted by molar-refractivity contribution is 1.23. The normalized spacial score (nSPS) is 9.93. The van der Waals surface area contributed by atoms with Gasteiger partial charge in [-0.1, -0.05) is 18.3 Å². The minimum Gasteiger partial charge on any atom is -0.393 e. The average molecular weight is 208 g/mol. The molecule has 0 fully saturated rings. The van der Waals surface area contributed by atoms with Gasteiger partial charge >= 0.3 is 0 Å². The van der Waals surface area contributed by atoms with E-state index < -0.39 is 0 Å². The number of thiocarbonyl (C=S) groups is 1. The van der Waals surface area contributed by atoms with Gasteiger partial charge in [0.05, 0.1) is 4.99 Å². The fraction of sp³-hybridized carbons (Fsp3) is 0.364. The summed E-state index contributed by atoms with van der Waals surface area (Å²) in [6.45, 7) is 4.15. The molecule has 0 bridgehead atoms. The molecule has 0 aromatic heterocycles. The van der Waals surface area contributed by atoms with Gasteiger partial charge in [0.1, 0.15) is 0 Å². The molecule has 2 nitrogen and oxygen atoms in total. The number of benzene rings is 1. The molecule has 0 aliphatic rings. The Morgan fingerprint density at radius 2 is 2.00 bits per heavy atom. The Bertz CT molecular complexity index is 359. The molecule has 3 N–H and O–H groups in total. The fourth-order valence-electron chi connectivity index (χ4n) is 1.52. The second kappa shape index (κ2) is 4.42. The van der Waals surface area contributed by atoms with Gasteiger partial charge in [-0.15, -0.1) is 0 Å². The summed E-state index contributed by atoms with van der Waals surface area (Å²) in [4.78, 5) is 0.546. The first-order valence-electron chi connectivity index (χ1n) is 4.60. The minimum atomic E-state index is 0.546. The first-order chi connectivity index (χ1) is 6.54. The zero-order valence-electron chi connectivity index (χ0n) is 8.85. The van der Waals surface area contributed by atoms with Crippen LogP contribution in [0.4, 0.5) is 5.69 Å². The topological polar surface area (TPSA) is 38.0 Å². The monoisotopic (exact) mass is 208 g/mol. The Balaban J connectivity index is 3.08. The van der Waals surface area contributed by atoms with Crippen molar-refractivity contribution in [3.05, 3.63) is 28.8 Å². The number of hydrogen-bond donors (Lipinski definition) is 2. The Hall–Kier alpha value is -1.09. The predicted molar refractivity (Wildman–Crippen MR) is 66.0 cm³/mol. The van der Waals surface area contributed by atoms with Crippen molar-refractivity contribution in [3.63, 3.8) is 0 Å². The van der Waals surface area contributed by atoms with Crippen LogP contribution in [0.25, 0.3) is 0 Å². The molecule has 0 saturated heterocycles. The third kappa shape index (κ3) is 2.45. The molecule has 1 aromatic rings. The second-order valence-corrected chi connectivity index (χ2v) is 4.01. The van der Waals surface area contributed by atoms with Gasteiger partial charge in [-0.05, 0) is 36.6 Å². The number of aryl methyl sites for hydroxylation is 2. The number of hydrogen-bond acceptors (Lipinski definition) is 2. The van der Waals surface area contributed by atoms with Gasteiger partial charge in [0.25, 0.3) is 0 Å². The summed E-state index contributed by atoms with van der Waals surface area (Å²) < 4.78 is 0. The van der Waals surface area contributed by atoms with Crippen molar-refractivity contribution >= 4 is 22.9 Å². The van der Waals surface area contributed by atoms with E-state index in [0.717, 1.165) is 5.69 Å². The number of nitrogens with one attached hydrogen (secondary N) is 1. The Labute approximate surface area is 90.5 Å². The number of nitrogens with two attached hydrogens (primary N) is 1. The van der Waals surface area contributed by atoms with Crippen molar-refractivity contribution in [1.29, 1.82) is 0 Å². The van der Waals surface area contributed by atoms with E-state index in [1.165, 1.54) is 16.7 Å². The highest BCUT2D eigenvalue weighted by Gasteiger charge is 2.04. The Kier molecular flexibility index (Phi) is 3.47. The molecule has 0 spiro atoms. The van der Waals surface area contributed by atoms with Crippen LogP contribution in [-0.4, -0.2) is 12.0 Å². The molecule has 0 aliphatic carbocycles. The molecule has 0 atom stereocenters. The van der Waals surface area contributed by atoms with E-state index in [1.54, 1.807) is 0 Å². The van der Waals surface area contributed by atoms with Crippen LogP contribution in [0.15, 0.2) is 12.1 Å². The highest BCUT2D eigenvalue weighted by atomic mass is 32.1. The minimum absolute atomic E-state index is 0.546. The predicted octanol–water partition coefficient (Wildman–Crippen LogP) is 2.17. The van der Waals surface area contributed by atoms with Crippen LogP contribution in [0.5, 0.6) is 0 Å². The number of rotatable bonds is 3. The summed E-state index contributed by atoms with van der Waals surface area (Å²) in [6, 6.07) is 4.27. The lowest BCUT2D eigenvalue weighted by Crippen LogP contribution is -2.12. The SMILES string of the molecule is CNc1cc(C)c(CC(N)=S)cc1C. The largest absolute Gasteiger partial charge is 0.393 e. The molecule has 0 radical (unpaired) electrons. The van der Waals surface area contributed by atoms with E-state index in [4.69, 9.17) is 18.0 Å². The summed E-state index contributed by atoms with van der Waals surface area (Å²) in [5, 5.41) is 3.15. The standard InChI is InChI=1S/C11H16N2S/c1-7-5-10(13-3)8(2)4-9(7)6-11(12)14/h4-5,13H,6H2,1-3H3,(H2,12,14). The van der Waals surface area contributed by atoms with Crippen molar-refractivity contribution in [1.82, 2.24) is 0 Å². The first-order valence-corrected chi connectivity index (χ1v) is 5.01. The summed E-state index contributed by atoms with van der Waals surface area (Å²) in [5.74, 6) is 0. The van der Waals surface area contributed by atoms with Crippen LogP contribution < -0.4 is 11.1 Å². The van der Waals surface area contributed by atoms with Gasteiger partial charge in [-0.2, -0.15) is 0 Å². The highest BCUT2D eigenvalue weighted by molar-refractivity contribution is 7.80. The molecule has 0 heterocycles. The lowest BCUT2D eigenvalue weighted by atomic mass is 10.0. The molecule has 0 saturated carbocycles. The van der Waals surface area contributed by atoms with Crippen LogP contribution >= 0.6 is 12.2 Å². The maximum absolute atomic E-state index is 5.53. The molecular weight excluding hydrogens is 192 g/mol. The van der Waals surface area contributed by atoms with Gasteiger partial charge in [0, 0.05) is 19.2 Å². The van der Waals surface area contributed by atoms with Crippen molar-refractivity contribution in [3.8, 4) is 0 Å². The van der Waals surface area contributed by atoms with E-state index >= 15 is 0 Å². The molecule has 0 unspecified atom stereocenters. The number of anilines is 1. The zero-order chi connectivity index (χ0) is 10.7. The molecule has 76 valence electrons. The Morgan fingerprint density at radius 1 is 1.36 bits per heavy atom. The maximum Gasteiger partial charge on any atom is 0.0771 e. The highest BCUT2D eigenvalue weighted by Crippen LogP contribution is 2.20. The van der Waals surface area contributed by atoms with E-state index in [1.807, 2.05) is 7.05 Å². The van der Waals surface area contributed by atoms with Crippen LogP contribution in [0.3, 0.4) is 0 Å². The second-order valence-electron chi connectivity index (χ2n) is 3.49. The third-order valence-corrected chi connectivity index (χ3v) is 2.46. The molecular formula is C11H16N2S. The molecule has 14 heavy (non-hydrogen) atoms. The van der Waals surface area contributed by atoms with Crippen molar-refractivity contribution in [2.75, 3.05) is 12.4 Å². The third-order valence-electron chi connectivity index (χ3n) is 2.32. The summed E-state index contributed by atoms with van der Waals surface area (Å²) >= 11 is 4.90. The van der Waals surface area contributed by atoms with Crippen molar-refractivity contribution < 1.29 is 0 Å².